The molecule has 0 spiro atoms. The monoisotopic (exact) mass is 436 g/mol. The quantitative estimate of drug-likeness (QED) is 0.543. The maximum Gasteiger partial charge on any atom is 0.269 e. The van der Waals surface area contributed by atoms with Crippen molar-refractivity contribution in [1.29, 1.82) is 0 Å². The summed E-state index contributed by atoms with van der Waals surface area (Å²) in [7, 11) is 0. The Hall–Kier alpha value is -2.99. The first-order chi connectivity index (χ1) is 15.0. The fraction of sp³-hybridized carbons (Fsp3) is 0.280. The summed E-state index contributed by atoms with van der Waals surface area (Å²) >= 11 is 1.32. The van der Waals surface area contributed by atoms with Crippen molar-refractivity contribution in [3.8, 4) is 0 Å². The minimum Gasteiger partial charge on any atom is -0.351 e. The predicted octanol–water partition coefficient (Wildman–Crippen LogP) is 5.64. The molecule has 1 atom stereocenters. The third-order valence-electron chi connectivity index (χ3n) is 5.66. The van der Waals surface area contributed by atoms with Gasteiger partial charge in [0.1, 0.15) is 11.9 Å². The number of amides is 2. The zero-order chi connectivity index (χ0) is 21.8. The highest BCUT2D eigenvalue weighted by molar-refractivity contribution is 7.12. The van der Waals surface area contributed by atoms with Crippen molar-refractivity contribution >= 4 is 28.8 Å². The molecule has 0 bridgehead atoms. The number of hydrogen-bond donors (Lipinski definition) is 1. The molecule has 0 unspecified atom stereocenters. The molecule has 4 nitrogen and oxygen atoms in total. The molecule has 1 aliphatic rings. The van der Waals surface area contributed by atoms with Gasteiger partial charge in [0.2, 0.25) is 5.91 Å². The molecule has 160 valence electrons. The van der Waals surface area contributed by atoms with Gasteiger partial charge in [-0.3, -0.25) is 14.5 Å². The van der Waals surface area contributed by atoms with Crippen molar-refractivity contribution in [3.05, 3.63) is 87.9 Å². The van der Waals surface area contributed by atoms with Gasteiger partial charge in [-0.15, -0.1) is 11.3 Å². The molecule has 1 aromatic heterocycles. The zero-order valence-corrected chi connectivity index (χ0v) is 18.2. The molecule has 1 fully saturated rings. The van der Waals surface area contributed by atoms with Gasteiger partial charge < -0.3 is 5.32 Å². The fourth-order valence-electron chi connectivity index (χ4n) is 4.02. The molecule has 0 aliphatic heterocycles. The van der Waals surface area contributed by atoms with Crippen LogP contribution in [0.1, 0.15) is 52.5 Å². The molecule has 3 aromatic rings. The number of anilines is 1. The highest BCUT2D eigenvalue weighted by atomic mass is 32.1. The number of nitrogens with one attached hydrogen (secondary N) is 1. The second-order valence-corrected chi connectivity index (χ2v) is 8.88. The summed E-state index contributed by atoms with van der Waals surface area (Å²) in [6.07, 6.45) is 4.08. The van der Waals surface area contributed by atoms with Crippen LogP contribution in [0.2, 0.25) is 0 Å². The van der Waals surface area contributed by atoms with Gasteiger partial charge in [0.25, 0.3) is 5.91 Å². The number of benzene rings is 2. The first-order valence-corrected chi connectivity index (χ1v) is 11.4. The molecule has 1 heterocycles. The number of nitrogens with zero attached hydrogens (tertiary/aromatic N) is 1. The van der Waals surface area contributed by atoms with Gasteiger partial charge in [0.15, 0.2) is 0 Å². The summed E-state index contributed by atoms with van der Waals surface area (Å²) in [6, 6.07) is 16.1. The highest BCUT2D eigenvalue weighted by Gasteiger charge is 2.35. The first-order valence-electron chi connectivity index (χ1n) is 10.5. The van der Waals surface area contributed by atoms with E-state index in [1.807, 2.05) is 36.6 Å². The van der Waals surface area contributed by atoms with Gasteiger partial charge in [-0.25, -0.2) is 4.39 Å². The van der Waals surface area contributed by atoms with E-state index in [9.17, 15) is 14.0 Å². The van der Waals surface area contributed by atoms with Crippen molar-refractivity contribution in [2.75, 3.05) is 4.90 Å². The largest absolute Gasteiger partial charge is 0.351 e. The predicted molar refractivity (Wildman–Crippen MR) is 122 cm³/mol. The second kappa shape index (κ2) is 9.43. The number of aryl methyl sites for hydroxylation is 1. The average Bonchev–Trinajstić information content (AvgIpc) is 3.47. The molecule has 1 aliphatic carbocycles. The van der Waals surface area contributed by atoms with Crippen LogP contribution in [0.3, 0.4) is 0 Å². The third kappa shape index (κ3) is 4.85. The Morgan fingerprint density at radius 1 is 1.03 bits per heavy atom. The number of carbonyl (C=O) groups is 2. The van der Waals surface area contributed by atoms with E-state index in [0.29, 0.717) is 10.6 Å². The van der Waals surface area contributed by atoms with Crippen LogP contribution < -0.4 is 10.2 Å². The summed E-state index contributed by atoms with van der Waals surface area (Å²) in [5.41, 5.74) is 2.26. The third-order valence-corrected chi connectivity index (χ3v) is 6.51. The molecule has 0 saturated heterocycles. The van der Waals surface area contributed by atoms with Crippen molar-refractivity contribution in [1.82, 2.24) is 5.32 Å². The molecule has 4 rings (SSSR count). The lowest BCUT2D eigenvalue weighted by molar-refractivity contribution is -0.123. The van der Waals surface area contributed by atoms with Crippen molar-refractivity contribution in [3.63, 3.8) is 0 Å². The van der Waals surface area contributed by atoms with Crippen LogP contribution >= 0.6 is 11.3 Å². The summed E-state index contributed by atoms with van der Waals surface area (Å²) in [4.78, 5) is 29.2. The Morgan fingerprint density at radius 2 is 1.71 bits per heavy atom. The minimum atomic E-state index is -0.860. The summed E-state index contributed by atoms with van der Waals surface area (Å²) in [6.45, 7) is 1.98. The number of thiophene rings is 1. The molecular formula is C25H25FN2O2S. The van der Waals surface area contributed by atoms with E-state index in [4.69, 9.17) is 0 Å². The maximum atomic E-state index is 13.6. The van der Waals surface area contributed by atoms with Crippen LogP contribution in [-0.4, -0.2) is 17.9 Å². The number of hydrogen-bond acceptors (Lipinski definition) is 3. The normalized spacial score (nSPS) is 14.9. The van der Waals surface area contributed by atoms with Crippen LogP contribution in [0.15, 0.2) is 66.0 Å². The van der Waals surface area contributed by atoms with E-state index in [1.165, 1.54) is 28.4 Å². The van der Waals surface area contributed by atoms with Gasteiger partial charge in [0.05, 0.1) is 4.88 Å². The van der Waals surface area contributed by atoms with E-state index >= 15 is 0 Å². The highest BCUT2D eigenvalue weighted by Crippen LogP contribution is 2.32. The van der Waals surface area contributed by atoms with Crippen molar-refractivity contribution in [2.24, 2.45) is 0 Å². The fourth-order valence-corrected chi connectivity index (χ4v) is 4.68. The summed E-state index contributed by atoms with van der Waals surface area (Å²) in [5, 5.41) is 4.98. The minimum absolute atomic E-state index is 0.118. The van der Waals surface area contributed by atoms with Gasteiger partial charge in [-0.05, 0) is 61.0 Å². The molecule has 2 amide bonds. The van der Waals surface area contributed by atoms with Crippen LogP contribution in [0.5, 0.6) is 0 Å². The molecule has 0 radical (unpaired) electrons. The molecule has 2 aromatic carbocycles. The lowest BCUT2D eigenvalue weighted by Crippen LogP contribution is -2.46. The lowest BCUT2D eigenvalue weighted by Gasteiger charge is -2.32. The summed E-state index contributed by atoms with van der Waals surface area (Å²) in [5.74, 6) is -0.895. The van der Waals surface area contributed by atoms with Gasteiger partial charge >= 0.3 is 0 Å². The Balaban J connectivity index is 1.79. The van der Waals surface area contributed by atoms with Crippen LogP contribution in [0.25, 0.3) is 0 Å². The van der Waals surface area contributed by atoms with Crippen LogP contribution in [-0.2, 0) is 4.79 Å². The van der Waals surface area contributed by atoms with E-state index in [1.54, 1.807) is 24.3 Å². The van der Waals surface area contributed by atoms with Crippen LogP contribution in [0.4, 0.5) is 10.1 Å². The standard InChI is InChI=1S/C25H25FN2O2S/c1-17-8-10-18(11-9-17)23(24(29)27-20-5-2-3-6-20)28(21-14-12-19(26)13-15-21)25(30)22-7-4-16-31-22/h4,7-16,20,23H,2-3,5-6H2,1H3,(H,27,29)/t23-/m1/s1. The van der Waals surface area contributed by atoms with E-state index in [2.05, 4.69) is 5.32 Å². The van der Waals surface area contributed by atoms with E-state index in [-0.39, 0.29) is 17.9 Å². The molecule has 1 saturated carbocycles. The van der Waals surface area contributed by atoms with Gasteiger partial charge in [-0.1, -0.05) is 48.7 Å². The zero-order valence-electron chi connectivity index (χ0n) is 17.4. The number of carbonyl (C=O) groups excluding carboxylic acids is 2. The lowest BCUT2D eigenvalue weighted by atomic mass is 10.0. The molecule has 6 heteroatoms. The molecule has 31 heavy (non-hydrogen) atoms. The average molecular weight is 437 g/mol. The van der Waals surface area contributed by atoms with E-state index < -0.39 is 11.9 Å². The first kappa shape index (κ1) is 21.2. The van der Waals surface area contributed by atoms with Gasteiger partial charge in [-0.2, -0.15) is 0 Å². The topological polar surface area (TPSA) is 49.4 Å². The number of rotatable bonds is 6. The van der Waals surface area contributed by atoms with E-state index in [0.717, 1.165) is 36.8 Å². The Morgan fingerprint density at radius 3 is 2.32 bits per heavy atom. The Bertz CT molecular complexity index is 1030. The second-order valence-electron chi connectivity index (χ2n) is 7.93. The van der Waals surface area contributed by atoms with Crippen LogP contribution in [0, 0.1) is 12.7 Å². The molecule has 1 N–H and O–H groups in total. The number of halogens is 1. The Labute approximate surface area is 185 Å². The van der Waals surface area contributed by atoms with Gasteiger partial charge in [0, 0.05) is 11.7 Å². The Kier molecular flexibility index (Phi) is 6.47. The summed E-state index contributed by atoms with van der Waals surface area (Å²) < 4.78 is 13.6. The smallest absolute Gasteiger partial charge is 0.269 e. The van der Waals surface area contributed by atoms with Crippen molar-refractivity contribution < 1.29 is 14.0 Å². The maximum absolute atomic E-state index is 13.6. The SMILES string of the molecule is Cc1ccc([C@H](C(=O)NC2CCCC2)N(C(=O)c2cccs2)c2ccc(F)cc2)cc1. The molecular weight excluding hydrogens is 411 g/mol. The van der Waals surface area contributed by atoms with Crippen molar-refractivity contribution in [2.45, 2.75) is 44.7 Å².